The van der Waals surface area contributed by atoms with Crippen LogP contribution in [0.4, 0.5) is 5.69 Å². The van der Waals surface area contributed by atoms with Gasteiger partial charge in [-0.2, -0.15) is 0 Å². The van der Waals surface area contributed by atoms with Crippen LogP contribution in [0.3, 0.4) is 0 Å². The minimum Gasteiger partial charge on any atom is -0.507 e. The highest BCUT2D eigenvalue weighted by molar-refractivity contribution is 6.51. The minimum atomic E-state index is -0.975. The molecule has 1 amide bonds. The van der Waals surface area contributed by atoms with Crippen molar-refractivity contribution in [2.45, 2.75) is 6.04 Å². The summed E-state index contributed by atoms with van der Waals surface area (Å²) in [6, 6.07) is 14.0. The number of para-hydroxylation sites is 1. The summed E-state index contributed by atoms with van der Waals surface area (Å²) >= 11 is 0. The zero-order chi connectivity index (χ0) is 22.2. The highest BCUT2D eigenvalue weighted by atomic mass is 16.6. The Kier molecular flexibility index (Phi) is 4.82. The molecule has 0 radical (unpaired) electrons. The molecule has 1 saturated heterocycles. The topological polar surface area (TPSA) is 98.4 Å². The number of hydrogen-bond donors (Lipinski definition) is 1. The van der Waals surface area contributed by atoms with Crippen LogP contribution in [-0.4, -0.2) is 37.1 Å². The molecule has 3 aromatic rings. The first-order valence-corrected chi connectivity index (χ1v) is 9.97. The van der Waals surface area contributed by atoms with Crippen molar-refractivity contribution >= 4 is 23.1 Å². The van der Waals surface area contributed by atoms with Gasteiger partial charge in [0.05, 0.1) is 24.5 Å². The van der Waals surface area contributed by atoms with E-state index in [4.69, 9.17) is 18.6 Å². The lowest BCUT2D eigenvalue weighted by atomic mass is 9.98. The molecular formula is C24H19NO7. The highest BCUT2D eigenvalue weighted by Gasteiger charge is 2.48. The Hall–Kier alpha value is -4.20. The number of nitrogens with zero attached hydrogens (tertiary/aromatic N) is 1. The largest absolute Gasteiger partial charge is 0.507 e. The third kappa shape index (κ3) is 3.08. The van der Waals surface area contributed by atoms with E-state index in [9.17, 15) is 14.7 Å². The van der Waals surface area contributed by atoms with Gasteiger partial charge in [0.2, 0.25) is 0 Å². The van der Waals surface area contributed by atoms with E-state index in [-0.39, 0.29) is 11.3 Å². The maximum absolute atomic E-state index is 13.2. The minimum absolute atomic E-state index is 0.0932. The van der Waals surface area contributed by atoms with Crippen molar-refractivity contribution < 1.29 is 33.3 Å². The average Bonchev–Trinajstić information content (AvgIpc) is 3.45. The second kappa shape index (κ2) is 7.81. The molecule has 0 saturated carbocycles. The number of benzene rings is 2. The Morgan fingerprint density at radius 1 is 1.03 bits per heavy atom. The van der Waals surface area contributed by atoms with E-state index in [1.807, 2.05) is 0 Å². The zero-order valence-electron chi connectivity index (χ0n) is 17.1. The van der Waals surface area contributed by atoms with Gasteiger partial charge in [-0.3, -0.25) is 14.5 Å². The van der Waals surface area contributed by atoms with E-state index < -0.39 is 17.7 Å². The number of aliphatic hydroxyl groups excluding tert-OH is 1. The molecule has 162 valence electrons. The van der Waals surface area contributed by atoms with Crippen LogP contribution in [0, 0.1) is 0 Å². The molecular weight excluding hydrogens is 414 g/mol. The van der Waals surface area contributed by atoms with E-state index in [1.54, 1.807) is 54.6 Å². The number of aliphatic hydroxyl groups is 1. The predicted molar refractivity (Wildman–Crippen MR) is 114 cm³/mol. The van der Waals surface area contributed by atoms with Crippen LogP contribution < -0.4 is 19.1 Å². The Labute approximate surface area is 183 Å². The van der Waals surface area contributed by atoms with Gasteiger partial charge in [-0.15, -0.1) is 0 Å². The van der Waals surface area contributed by atoms with Gasteiger partial charge in [-0.25, -0.2) is 0 Å². The molecule has 5 rings (SSSR count). The van der Waals surface area contributed by atoms with Crippen molar-refractivity contribution in [2.75, 3.05) is 25.2 Å². The van der Waals surface area contributed by atoms with Crippen LogP contribution in [-0.2, 0) is 9.59 Å². The molecule has 2 aliphatic heterocycles. The Bertz CT molecular complexity index is 1230. The maximum atomic E-state index is 13.2. The fourth-order valence-corrected chi connectivity index (χ4v) is 3.98. The molecule has 1 N–H and O–H groups in total. The fraction of sp³-hybridized carbons (Fsp3) is 0.167. The lowest BCUT2D eigenvalue weighted by Crippen LogP contribution is -2.29. The SMILES string of the molecule is COc1ccccc1/C(O)=C1/C(=O)C(=O)N(c2ccc3c(c2)OCCO3)C1c1ccco1. The van der Waals surface area contributed by atoms with Crippen molar-refractivity contribution in [1.29, 1.82) is 0 Å². The van der Waals surface area contributed by atoms with E-state index in [0.29, 0.717) is 47.5 Å². The average molecular weight is 433 g/mol. The summed E-state index contributed by atoms with van der Waals surface area (Å²) < 4.78 is 22.1. The fourth-order valence-electron chi connectivity index (χ4n) is 3.98. The summed E-state index contributed by atoms with van der Waals surface area (Å²) in [7, 11) is 1.46. The molecule has 32 heavy (non-hydrogen) atoms. The molecule has 3 heterocycles. The summed E-state index contributed by atoms with van der Waals surface area (Å²) in [5, 5.41) is 11.2. The normalized spacial score (nSPS) is 19.3. The maximum Gasteiger partial charge on any atom is 0.300 e. The number of ketones is 1. The number of amides is 1. The summed E-state index contributed by atoms with van der Waals surface area (Å²) in [5.41, 5.74) is 0.618. The van der Waals surface area contributed by atoms with Gasteiger partial charge in [-0.05, 0) is 36.4 Å². The molecule has 2 aromatic carbocycles. The molecule has 8 nitrogen and oxygen atoms in total. The van der Waals surface area contributed by atoms with Crippen LogP contribution in [0.5, 0.6) is 17.2 Å². The zero-order valence-corrected chi connectivity index (χ0v) is 17.1. The van der Waals surface area contributed by atoms with E-state index >= 15 is 0 Å². The van der Waals surface area contributed by atoms with Gasteiger partial charge >= 0.3 is 0 Å². The quantitative estimate of drug-likeness (QED) is 0.381. The van der Waals surface area contributed by atoms with Gasteiger partial charge in [-0.1, -0.05) is 12.1 Å². The Morgan fingerprint density at radius 2 is 1.81 bits per heavy atom. The number of carbonyl (C=O) groups excluding carboxylic acids is 2. The third-order valence-corrected chi connectivity index (χ3v) is 5.42. The molecule has 0 spiro atoms. The van der Waals surface area contributed by atoms with Crippen LogP contribution in [0.25, 0.3) is 5.76 Å². The molecule has 1 fully saturated rings. The Morgan fingerprint density at radius 3 is 2.56 bits per heavy atom. The number of Topliss-reactive ketones (excluding diaryl/α,β-unsaturated/α-hetero) is 1. The number of fused-ring (bicyclic) bond motifs is 1. The van der Waals surface area contributed by atoms with E-state index in [1.165, 1.54) is 18.3 Å². The molecule has 2 aliphatic rings. The molecule has 8 heteroatoms. The van der Waals surface area contributed by atoms with Crippen molar-refractivity contribution in [3.05, 3.63) is 77.8 Å². The first-order chi connectivity index (χ1) is 15.6. The number of anilines is 1. The standard InChI is InChI=1S/C24H19NO7/c1-29-16-6-3-2-5-15(16)22(26)20-21(18-7-4-10-30-18)25(24(28)23(20)27)14-8-9-17-19(13-14)32-12-11-31-17/h2-10,13,21,26H,11-12H2,1H3/b22-20-. The number of hydrogen-bond acceptors (Lipinski definition) is 7. The van der Waals surface area contributed by atoms with Crippen LogP contribution in [0.1, 0.15) is 17.4 Å². The van der Waals surface area contributed by atoms with Gasteiger partial charge in [0.25, 0.3) is 11.7 Å². The summed E-state index contributed by atoms with van der Waals surface area (Å²) in [5.74, 6) is -0.241. The predicted octanol–water partition coefficient (Wildman–Crippen LogP) is 3.69. The number of carbonyl (C=O) groups is 2. The second-order valence-corrected chi connectivity index (χ2v) is 7.21. The molecule has 1 atom stereocenters. The molecule has 0 bridgehead atoms. The van der Waals surface area contributed by atoms with Gasteiger partial charge in [0, 0.05) is 11.8 Å². The molecule has 1 unspecified atom stereocenters. The van der Waals surface area contributed by atoms with Gasteiger partial charge in [0.15, 0.2) is 11.5 Å². The second-order valence-electron chi connectivity index (χ2n) is 7.21. The van der Waals surface area contributed by atoms with Crippen molar-refractivity contribution in [2.24, 2.45) is 0 Å². The lowest BCUT2D eigenvalue weighted by Gasteiger charge is -2.25. The van der Waals surface area contributed by atoms with E-state index in [0.717, 1.165) is 0 Å². The number of methoxy groups -OCH3 is 1. The van der Waals surface area contributed by atoms with Crippen LogP contribution in [0.2, 0.25) is 0 Å². The van der Waals surface area contributed by atoms with Gasteiger partial charge < -0.3 is 23.7 Å². The lowest BCUT2D eigenvalue weighted by molar-refractivity contribution is -0.132. The first kappa shape index (κ1) is 19.7. The number of rotatable bonds is 4. The smallest absolute Gasteiger partial charge is 0.300 e. The summed E-state index contributed by atoms with van der Waals surface area (Å²) in [6.07, 6.45) is 1.45. The van der Waals surface area contributed by atoms with Crippen molar-refractivity contribution in [3.63, 3.8) is 0 Å². The van der Waals surface area contributed by atoms with Crippen LogP contribution >= 0.6 is 0 Å². The molecule has 1 aromatic heterocycles. The van der Waals surface area contributed by atoms with E-state index in [2.05, 4.69) is 0 Å². The first-order valence-electron chi connectivity index (χ1n) is 9.97. The summed E-state index contributed by atoms with van der Waals surface area (Å²) in [4.78, 5) is 27.6. The Balaban J connectivity index is 1.69. The van der Waals surface area contributed by atoms with Gasteiger partial charge in [0.1, 0.15) is 36.5 Å². The monoisotopic (exact) mass is 433 g/mol. The molecule has 0 aliphatic carbocycles. The highest BCUT2D eigenvalue weighted by Crippen LogP contribution is 2.45. The van der Waals surface area contributed by atoms with Crippen molar-refractivity contribution in [3.8, 4) is 17.2 Å². The summed E-state index contributed by atoms with van der Waals surface area (Å²) in [6.45, 7) is 0.812. The van der Waals surface area contributed by atoms with Crippen LogP contribution in [0.15, 0.2) is 70.9 Å². The van der Waals surface area contributed by atoms with Crippen molar-refractivity contribution in [1.82, 2.24) is 0 Å². The third-order valence-electron chi connectivity index (χ3n) is 5.42. The number of furan rings is 1. The number of ether oxygens (including phenoxy) is 3.